The van der Waals surface area contributed by atoms with E-state index in [0.29, 0.717) is 0 Å². The molecule has 2 fully saturated rings. The second-order valence-corrected chi connectivity index (χ2v) is 5.00. The lowest BCUT2D eigenvalue weighted by molar-refractivity contribution is 0.275. The standard InChI is InChI=1S/C8H15N.H3O4P/c1-2-4-8-6-9-5-7(8)3-1;1-5(2,3)4/h7-9H,1-6H2;(H3,1,2,3,4). The van der Waals surface area contributed by atoms with Crippen molar-refractivity contribution in [3.05, 3.63) is 0 Å². The first-order valence-electron chi connectivity index (χ1n) is 4.96. The Bertz CT molecular complexity index is 197. The quantitative estimate of drug-likeness (QED) is 0.448. The molecule has 1 heterocycles. The molecule has 5 nitrogen and oxygen atoms in total. The summed E-state index contributed by atoms with van der Waals surface area (Å²) in [5.74, 6) is 2.11. The molecule has 6 heteroatoms. The molecule has 0 aromatic rings. The van der Waals surface area contributed by atoms with Gasteiger partial charge >= 0.3 is 7.82 Å². The van der Waals surface area contributed by atoms with E-state index >= 15 is 0 Å². The fourth-order valence-electron chi connectivity index (χ4n) is 2.28. The highest BCUT2D eigenvalue weighted by Crippen LogP contribution is 2.31. The highest BCUT2D eigenvalue weighted by atomic mass is 31.2. The molecule has 1 saturated heterocycles. The highest BCUT2D eigenvalue weighted by Gasteiger charge is 2.28. The molecular weight excluding hydrogens is 205 g/mol. The zero-order valence-electron chi connectivity index (χ0n) is 8.09. The average molecular weight is 223 g/mol. The van der Waals surface area contributed by atoms with Crippen LogP contribution in [0.5, 0.6) is 0 Å². The molecule has 0 spiro atoms. The van der Waals surface area contributed by atoms with Crippen LogP contribution in [0.15, 0.2) is 0 Å². The van der Waals surface area contributed by atoms with E-state index in [1.54, 1.807) is 0 Å². The molecule has 0 amide bonds. The maximum atomic E-state index is 8.88. The molecule has 2 rings (SSSR count). The van der Waals surface area contributed by atoms with Gasteiger partial charge in [0.25, 0.3) is 0 Å². The number of phosphoric acid groups is 1. The Hall–Kier alpha value is 0.0700. The Morgan fingerprint density at radius 2 is 1.36 bits per heavy atom. The summed E-state index contributed by atoms with van der Waals surface area (Å²) >= 11 is 0. The Balaban J connectivity index is 0.000000171. The van der Waals surface area contributed by atoms with Crippen molar-refractivity contribution in [1.29, 1.82) is 0 Å². The lowest BCUT2D eigenvalue weighted by Crippen LogP contribution is -2.16. The van der Waals surface area contributed by atoms with E-state index in [1.807, 2.05) is 0 Å². The topological polar surface area (TPSA) is 89.8 Å². The van der Waals surface area contributed by atoms with Crippen LogP contribution in [0.3, 0.4) is 0 Å². The lowest BCUT2D eigenvalue weighted by Gasteiger charge is -2.23. The first-order chi connectivity index (χ1) is 6.47. The van der Waals surface area contributed by atoms with Crippen LogP contribution in [0.4, 0.5) is 0 Å². The molecule has 0 radical (unpaired) electrons. The summed E-state index contributed by atoms with van der Waals surface area (Å²) in [6, 6.07) is 0. The van der Waals surface area contributed by atoms with Crippen molar-refractivity contribution in [2.45, 2.75) is 25.7 Å². The zero-order chi connectivity index (χ0) is 10.6. The van der Waals surface area contributed by atoms with E-state index in [9.17, 15) is 0 Å². The molecule has 4 N–H and O–H groups in total. The minimum atomic E-state index is -4.64. The van der Waals surface area contributed by atoms with E-state index in [1.165, 1.54) is 38.8 Å². The van der Waals surface area contributed by atoms with Gasteiger partial charge in [-0.3, -0.25) is 0 Å². The van der Waals surface area contributed by atoms with Crippen molar-refractivity contribution >= 4 is 7.82 Å². The average Bonchev–Trinajstić information content (AvgIpc) is 2.47. The van der Waals surface area contributed by atoms with E-state index in [2.05, 4.69) is 5.32 Å². The molecule has 2 unspecified atom stereocenters. The Morgan fingerprint density at radius 3 is 1.71 bits per heavy atom. The van der Waals surface area contributed by atoms with Crippen molar-refractivity contribution in [2.24, 2.45) is 11.8 Å². The summed E-state index contributed by atoms with van der Waals surface area (Å²) in [4.78, 5) is 21.6. The maximum Gasteiger partial charge on any atom is 0.466 e. The van der Waals surface area contributed by atoms with Gasteiger partial charge in [-0.05, 0) is 37.8 Å². The third kappa shape index (κ3) is 5.08. The Kier molecular flexibility index (Phi) is 4.54. The van der Waals surface area contributed by atoms with E-state index in [4.69, 9.17) is 19.2 Å². The molecule has 2 atom stereocenters. The van der Waals surface area contributed by atoms with Crippen LogP contribution in [-0.4, -0.2) is 27.8 Å². The number of hydrogen-bond donors (Lipinski definition) is 4. The molecule has 1 aliphatic carbocycles. The molecule has 1 saturated carbocycles. The molecule has 0 aromatic heterocycles. The van der Waals surface area contributed by atoms with Gasteiger partial charge in [0, 0.05) is 0 Å². The van der Waals surface area contributed by atoms with Gasteiger partial charge in [0.15, 0.2) is 0 Å². The molecule has 2 aliphatic rings. The van der Waals surface area contributed by atoms with Crippen LogP contribution in [0.2, 0.25) is 0 Å². The molecule has 0 aromatic carbocycles. The molecule has 0 bridgehead atoms. The Morgan fingerprint density at radius 1 is 1.00 bits per heavy atom. The van der Waals surface area contributed by atoms with Crippen LogP contribution in [0, 0.1) is 11.8 Å². The fourth-order valence-corrected chi connectivity index (χ4v) is 2.28. The van der Waals surface area contributed by atoms with Gasteiger partial charge < -0.3 is 20.0 Å². The van der Waals surface area contributed by atoms with Gasteiger partial charge in [-0.1, -0.05) is 12.8 Å². The van der Waals surface area contributed by atoms with E-state index in [-0.39, 0.29) is 0 Å². The van der Waals surface area contributed by atoms with Crippen molar-refractivity contribution in [1.82, 2.24) is 5.32 Å². The first kappa shape index (κ1) is 12.1. The summed E-state index contributed by atoms with van der Waals surface area (Å²) in [6.07, 6.45) is 5.97. The van der Waals surface area contributed by atoms with Gasteiger partial charge in [-0.15, -0.1) is 0 Å². The van der Waals surface area contributed by atoms with Crippen LogP contribution in [0.25, 0.3) is 0 Å². The summed E-state index contributed by atoms with van der Waals surface area (Å²) in [7, 11) is -4.64. The van der Waals surface area contributed by atoms with E-state index < -0.39 is 7.82 Å². The first-order valence-corrected chi connectivity index (χ1v) is 6.52. The number of rotatable bonds is 0. The minimum absolute atomic E-state index is 1.05. The van der Waals surface area contributed by atoms with E-state index in [0.717, 1.165) is 11.8 Å². The van der Waals surface area contributed by atoms with Crippen molar-refractivity contribution in [3.8, 4) is 0 Å². The van der Waals surface area contributed by atoms with Crippen molar-refractivity contribution in [3.63, 3.8) is 0 Å². The summed E-state index contributed by atoms with van der Waals surface area (Å²) < 4.78 is 8.88. The van der Waals surface area contributed by atoms with Gasteiger partial charge in [0.2, 0.25) is 0 Å². The van der Waals surface area contributed by atoms with Crippen LogP contribution >= 0.6 is 7.82 Å². The molecule has 1 aliphatic heterocycles. The van der Waals surface area contributed by atoms with Gasteiger partial charge in [-0.2, -0.15) is 0 Å². The van der Waals surface area contributed by atoms with Crippen LogP contribution in [0.1, 0.15) is 25.7 Å². The predicted octanol–water partition coefficient (Wildman–Crippen LogP) is 0.467. The third-order valence-corrected chi connectivity index (χ3v) is 2.88. The molecule has 14 heavy (non-hydrogen) atoms. The summed E-state index contributed by atoms with van der Waals surface area (Å²) in [6.45, 7) is 2.62. The number of nitrogens with one attached hydrogen (secondary N) is 1. The predicted molar refractivity (Wildman–Crippen MR) is 52.6 cm³/mol. The normalized spacial score (nSPS) is 31.6. The summed E-state index contributed by atoms with van der Waals surface area (Å²) in [5.41, 5.74) is 0. The number of hydrogen-bond acceptors (Lipinski definition) is 2. The highest BCUT2D eigenvalue weighted by molar-refractivity contribution is 7.45. The minimum Gasteiger partial charge on any atom is -0.316 e. The third-order valence-electron chi connectivity index (χ3n) is 2.88. The fraction of sp³-hybridized carbons (Fsp3) is 1.00. The second-order valence-electron chi connectivity index (χ2n) is 3.98. The smallest absolute Gasteiger partial charge is 0.316 e. The molecule has 84 valence electrons. The van der Waals surface area contributed by atoms with Crippen LogP contribution < -0.4 is 5.32 Å². The van der Waals surface area contributed by atoms with Crippen molar-refractivity contribution in [2.75, 3.05) is 13.1 Å². The second kappa shape index (κ2) is 5.24. The lowest BCUT2D eigenvalue weighted by atomic mass is 9.82. The van der Waals surface area contributed by atoms with Gasteiger partial charge in [0.05, 0.1) is 0 Å². The maximum absolute atomic E-state index is 8.88. The van der Waals surface area contributed by atoms with Crippen molar-refractivity contribution < 1.29 is 19.2 Å². The van der Waals surface area contributed by atoms with Crippen LogP contribution in [-0.2, 0) is 4.57 Å². The number of fused-ring (bicyclic) bond motifs is 1. The van der Waals surface area contributed by atoms with Gasteiger partial charge in [-0.25, -0.2) is 4.57 Å². The monoisotopic (exact) mass is 223 g/mol. The van der Waals surface area contributed by atoms with Gasteiger partial charge in [0.1, 0.15) is 0 Å². The molecular formula is C8H18NO4P. The largest absolute Gasteiger partial charge is 0.466 e. The summed E-state index contributed by atoms with van der Waals surface area (Å²) in [5, 5.41) is 3.46. The zero-order valence-corrected chi connectivity index (χ0v) is 8.99. The SMILES string of the molecule is C1CCC2CNCC2C1.O=P(O)(O)O. The Labute approximate surface area is 83.8 Å².